The molecule has 0 bridgehead atoms. The largest absolute Gasteiger partial charge is 0.361 e. The van der Waals surface area contributed by atoms with E-state index in [2.05, 4.69) is 34.1 Å². The van der Waals surface area contributed by atoms with Crippen LogP contribution in [0.3, 0.4) is 0 Å². The van der Waals surface area contributed by atoms with Crippen LogP contribution in [0.25, 0.3) is 10.9 Å². The number of nitrogens with one attached hydrogen (secondary N) is 1. The summed E-state index contributed by atoms with van der Waals surface area (Å²) in [6.07, 6.45) is 5.57. The van der Waals surface area contributed by atoms with Gasteiger partial charge in [-0.2, -0.15) is 8.78 Å². The Morgan fingerprint density at radius 2 is 2.14 bits per heavy atom. The molecule has 1 N–H and O–H groups in total. The number of H-pyrrole nitrogens is 1. The minimum atomic E-state index is -2.68. The summed E-state index contributed by atoms with van der Waals surface area (Å²) in [5.74, 6) is 0.751. The zero-order chi connectivity index (χ0) is 15.5. The first-order valence-electron chi connectivity index (χ1n) is 7.81. The highest BCUT2D eigenvalue weighted by molar-refractivity contribution is 5.84. The van der Waals surface area contributed by atoms with Gasteiger partial charge in [-0.3, -0.25) is 0 Å². The van der Waals surface area contributed by atoms with Crippen LogP contribution in [-0.4, -0.2) is 43.2 Å². The maximum Gasteiger partial charge on any atom is 0.345 e. The van der Waals surface area contributed by atoms with Crippen molar-refractivity contribution in [3.8, 4) is 0 Å². The van der Waals surface area contributed by atoms with Crippen molar-refractivity contribution in [2.45, 2.75) is 31.8 Å². The van der Waals surface area contributed by atoms with E-state index in [1.54, 1.807) is 0 Å². The van der Waals surface area contributed by atoms with Crippen LogP contribution < -0.4 is 0 Å². The molecule has 2 aromatic rings. The summed E-state index contributed by atoms with van der Waals surface area (Å²) in [6.45, 7) is -1.27. The molecule has 0 aliphatic heterocycles. The molecule has 1 fully saturated rings. The maximum absolute atomic E-state index is 11.9. The average Bonchev–Trinajstić information content (AvgIpc) is 3.26. The van der Waals surface area contributed by atoms with Gasteiger partial charge in [0.1, 0.15) is 0 Å². The molecule has 1 aromatic carbocycles. The van der Waals surface area contributed by atoms with Crippen molar-refractivity contribution in [1.29, 1.82) is 0 Å². The smallest absolute Gasteiger partial charge is 0.345 e. The highest BCUT2D eigenvalue weighted by atomic mass is 19.3. The Morgan fingerprint density at radius 1 is 1.32 bits per heavy atom. The Bertz CT molecular complexity index is 622. The number of likely N-dealkylation sites (N-methyl/N-ethyl adjacent to an activating group) is 1. The fraction of sp³-hybridized carbons (Fsp3) is 0.529. The lowest BCUT2D eigenvalue weighted by Crippen LogP contribution is -2.26. The summed E-state index contributed by atoms with van der Waals surface area (Å²) in [5.41, 5.74) is 3.90. The number of fused-ring (bicyclic) bond motifs is 1. The second-order valence-corrected chi connectivity index (χ2v) is 6.08. The monoisotopic (exact) mass is 308 g/mol. The second-order valence-electron chi connectivity index (χ2n) is 6.08. The first kappa shape index (κ1) is 15.4. The summed E-state index contributed by atoms with van der Waals surface area (Å²) < 4.78 is 28.2. The van der Waals surface area contributed by atoms with Crippen LogP contribution in [0.4, 0.5) is 8.78 Å². The van der Waals surface area contributed by atoms with E-state index in [4.69, 9.17) is 0 Å². The highest BCUT2D eigenvalue weighted by Gasteiger charge is 2.23. The molecule has 5 heteroatoms. The number of aromatic nitrogens is 1. The van der Waals surface area contributed by atoms with Crippen molar-refractivity contribution in [2.75, 3.05) is 26.7 Å². The minimum absolute atomic E-state index is 0.0634. The zero-order valence-corrected chi connectivity index (χ0v) is 12.8. The van der Waals surface area contributed by atoms with E-state index in [1.165, 1.54) is 34.9 Å². The van der Waals surface area contributed by atoms with E-state index in [-0.39, 0.29) is 6.61 Å². The highest BCUT2D eigenvalue weighted by Crippen LogP contribution is 2.41. The predicted molar refractivity (Wildman–Crippen MR) is 83.4 cm³/mol. The SMILES string of the molecule is CN(CCOC(F)F)CCc1c[nH]c2ccc(C3CC3)cc12. The van der Waals surface area contributed by atoms with Gasteiger partial charge < -0.3 is 14.6 Å². The Hall–Kier alpha value is -1.46. The van der Waals surface area contributed by atoms with Gasteiger partial charge in [-0.25, -0.2) is 0 Å². The number of alkyl halides is 2. The van der Waals surface area contributed by atoms with Gasteiger partial charge in [0.15, 0.2) is 0 Å². The molecular formula is C17H22F2N2O. The fourth-order valence-electron chi connectivity index (χ4n) is 2.79. The summed E-state index contributed by atoms with van der Waals surface area (Å²) in [4.78, 5) is 5.33. The summed E-state index contributed by atoms with van der Waals surface area (Å²) >= 11 is 0. The number of halogens is 2. The number of ether oxygens (including phenoxy) is 1. The third kappa shape index (κ3) is 3.84. The number of hydrogen-bond acceptors (Lipinski definition) is 2. The first-order chi connectivity index (χ1) is 10.6. The molecule has 0 spiro atoms. The van der Waals surface area contributed by atoms with Crippen molar-refractivity contribution in [3.05, 3.63) is 35.5 Å². The van der Waals surface area contributed by atoms with Gasteiger partial charge in [-0.1, -0.05) is 6.07 Å². The van der Waals surface area contributed by atoms with Gasteiger partial charge in [0, 0.05) is 30.2 Å². The molecule has 0 atom stereocenters. The summed E-state index contributed by atoms with van der Waals surface area (Å²) in [6, 6.07) is 6.68. The van der Waals surface area contributed by atoms with Gasteiger partial charge in [0.25, 0.3) is 0 Å². The van der Waals surface area contributed by atoms with Crippen molar-refractivity contribution >= 4 is 10.9 Å². The van der Waals surface area contributed by atoms with Crippen molar-refractivity contribution in [2.24, 2.45) is 0 Å². The predicted octanol–water partition coefficient (Wildman–Crippen LogP) is 3.76. The lowest BCUT2D eigenvalue weighted by atomic mass is 10.0. The molecule has 22 heavy (non-hydrogen) atoms. The molecule has 1 aliphatic rings. The lowest BCUT2D eigenvalue weighted by molar-refractivity contribution is -0.131. The number of nitrogens with zero attached hydrogens (tertiary/aromatic N) is 1. The number of hydrogen-bond donors (Lipinski definition) is 1. The molecule has 1 aromatic heterocycles. The molecule has 120 valence electrons. The average molecular weight is 308 g/mol. The van der Waals surface area contributed by atoms with Gasteiger partial charge in [0.2, 0.25) is 0 Å². The molecule has 1 heterocycles. The third-order valence-electron chi connectivity index (χ3n) is 4.32. The van der Waals surface area contributed by atoms with Crippen molar-refractivity contribution in [1.82, 2.24) is 9.88 Å². The van der Waals surface area contributed by atoms with E-state index in [1.807, 2.05) is 11.9 Å². The standard InChI is InChI=1S/C17H22F2N2O/c1-21(8-9-22-17(18)19)7-6-14-11-20-16-5-4-13(10-15(14)16)12-2-3-12/h4-5,10-12,17,20H,2-3,6-9H2,1H3. The zero-order valence-electron chi connectivity index (χ0n) is 12.8. The molecule has 1 aliphatic carbocycles. The molecule has 0 saturated heterocycles. The van der Waals surface area contributed by atoms with E-state index < -0.39 is 6.61 Å². The van der Waals surface area contributed by atoms with Crippen LogP contribution in [-0.2, 0) is 11.2 Å². The molecule has 1 saturated carbocycles. The summed E-state index contributed by atoms with van der Waals surface area (Å²) in [5, 5.41) is 1.29. The molecule has 3 nitrogen and oxygen atoms in total. The van der Waals surface area contributed by atoms with E-state index in [0.29, 0.717) is 6.54 Å². The van der Waals surface area contributed by atoms with E-state index in [0.717, 1.165) is 18.9 Å². The fourth-order valence-corrected chi connectivity index (χ4v) is 2.79. The molecule has 0 amide bonds. The molecule has 0 unspecified atom stereocenters. The Morgan fingerprint density at radius 3 is 2.86 bits per heavy atom. The van der Waals surface area contributed by atoms with Crippen LogP contribution >= 0.6 is 0 Å². The van der Waals surface area contributed by atoms with Crippen LogP contribution in [0, 0.1) is 0 Å². The molecular weight excluding hydrogens is 286 g/mol. The Labute approximate surface area is 129 Å². The second kappa shape index (κ2) is 6.75. The number of rotatable bonds is 8. The minimum Gasteiger partial charge on any atom is -0.361 e. The quantitative estimate of drug-likeness (QED) is 0.804. The third-order valence-corrected chi connectivity index (χ3v) is 4.32. The van der Waals surface area contributed by atoms with E-state index >= 15 is 0 Å². The lowest BCUT2D eigenvalue weighted by Gasteiger charge is -2.16. The van der Waals surface area contributed by atoms with Crippen LogP contribution in [0.15, 0.2) is 24.4 Å². The Balaban J connectivity index is 1.57. The van der Waals surface area contributed by atoms with Gasteiger partial charge in [-0.15, -0.1) is 0 Å². The first-order valence-corrected chi connectivity index (χ1v) is 7.81. The van der Waals surface area contributed by atoms with Crippen LogP contribution in [0.2, 0.25) is 0 Å². The number of benzene rings is 1. The molecule has 0 radical (unpaired) electrons. The van der Waals surface area contributed by atoms with Gasteiger partial charge >= 0.3 is 6.61 Å². The maximum atomic E-state index is 11.9. The van der Waals surface area contributed by atoms with Gasteiger partial charge in [0.05, 0.1) is 6.61 Å². The normalized spacial score (nSPS) is 15.3. The van der Waals surface area contributed by atoms with Crippen LogP contribution in [0.1, 0.15) is 29.9 Å². The van der Waals surface area contributed by atoms with Gasteiger partial charge in [-0.05, 0) is 55.5 Å². The van der Waals surface area contributed by atoms with Crippen LogP contribution in [0.5, 0.6) is 0 Å². The van der Waals surface area contributed by atoms with E-state index in [9.17, 15) is 8.78 Å². The summed E-state index contributed by atoms with van der Waals surface area (Å²) in [7, 11) is 1.93. The van der Waals surface area contributed by atoms with Crippen molar-refractivity contribution < 1.29 is 13.5 Å². The Kier molecular flexibility index (Phi) is 4.74. The molecule has 3 rings (SSSR count). The topological polar surface area (TPSA) is 28.3 Å². The number of aromatic amines is 1. The van der Waals surface area contributed by atoms with Crippen molar-refractivity contribution in [3.63, 3.8) is 0 Å².